The molecule has 0 saturated carbocycles. The highest BCUT2D eigenvalue weighted by Gasteiger charge is 2.37. The van der Waals surface area contributed by atoms with Gasteiger partial charge in [0.05, 0.1) is 11.0 Å². The van der Waals surface area contributed by atoms with Crippen LogP contribution in [0.1, 0.15) is 22.6 Å². The Morgan fingerprint density at radius 1 is 0.468 bits per heavy atom. The number of furan rings is 1. The predicted molar refractivity (Wildman–Crippen MR) is 254 cm³/mol. The van der Waals surface area contributed by atoms with E-state index < -0.39 is 0 Å². The summed E-state index contributed by atoms with van der Waals surface area (Å²) in [5, 5.41) is 5.72. The maximum atomic E-state index is 6.67. The quantitative estimate of drug-likeness (QED) is 0.178. The van der Waals surface area contributed by atoms with E-state index in [1.54, 1.807) is 0 Å². The lowest BCUT2D eigenvalue weighted by Gasteiger charge is -2.36. The van der Waals surface area contributed by atoms with E-state index in [0.29, 0.717) is 11.5 Å². The topological polar surface area (TPSA) is 43.9 Å². The lowest BCUT2D eigenvalue weighted by molar-refractivity contribution is 0.666. The van der Waals surface area contributed by atoms with Crippen LogP contribution in [0.5, 0.6) is 0 Å². The van der Waals surface area contributed by atoms with Gasteiger partial charge in [0.1, 0.15) is 16.8 Å². The van der Waals surface area contributed by atoms with Gasteiger partial charge in [-0.1, -0.05) is 152 Å². The van der Waals surface area contributed by atoms with Crippen LogP contribution >= 0.6 is 0 Å². The minimum absolute atomic E-state index is 0.279. The molecule has 0 radical (unpaired) electrons. The fraction of sp³-hybridized carbons (Fsp3) is 0.0345. The molecule has 9 aromatic carbocycles. The van der Waals surface area contributed by atoms with Crippen LogP contribution in [0.2, 0.25) is 0 Å². The molecule has 1 atom stereocenters. The van der Waals surface area contributed by atoms with Gasteiger partial charge in [0.15, 0.2) is 5.58 Å². The Hall–Kier alpha value is -8.08. The Morgan fingerprint density at radius 2 is 1.16 bits per heavy atom. The zero-order chi connectivity index (χ0) is 40.5. The molecule has 14 rings (SSSR count). The number of nitrogens with zero attached hydrogens (tertiary/aromatic N) is 3. The van der Waals surface area contributed by atoms with Crippen LogP contribution in [0.3, 0.4) is 0 Å². The third-order valence-electron chi connectivity index (χ3n) is 13.5. The van der Waals surface area contributed by atoms with Gasteiger partial charge in [0.25, 0.3) is 0 Å². The molecule has 2 aliphatic rings. The van der Waals surface area contributed by atoms with Gasteiger partial charge in [-0.05, 0) is 121 Å². The Labute approximate surface area is 357 Å². The van der Waals surface area contributed by atoms with Gasteiger partial charge >= 0.3 is 0 Å². The molecule has 1 unspecified atom stereocenters. The van der Waals surface area contributed by atoms with Crippen molar-refractivity contribution in [3.8, 4) is 61.7 Å². The van der Waals surface area contributed by atoms with Crippen molar-refractivity contribution in [3.63, 3.8) is 0 Å². The molecule has 4 heteroatoms. The van der Waals surface area contributed by atoms with Gasteiger partial charge in [-0.15, -0.1) is 0 Å². The summed E-state index contributed by atoms with van der Waals surface area (Å²) in [6, 6.07) is 70.3. The van der Waals surface area contributed by atoms with E-state index >= 15 is 0 Å². The highest BCUT2D eigenvalue weighted by atomic mass is 16.3. The van der Waals surface area contributed by atoms with Crippen LogP contribution in [0.15, 0.2) is 199 Å². The minimum Gasteiger partial charge on any atom is -0.452 e. The zero-order valence-corrected chi connectivity index (χ0v) is 33.5. The van der Waals surface area contributed by atoms with Crippen molar-refractivity contribution in [2.75, 3.05) is 0 Å². The average Bonchev–Trinajstić information content (AvgIpc) is 3.88. The van der Waals surface area contributed by atoms with Crippen molar-refractivity contribution in [1.29, 1.82) is 0 Å². The van der Waals surface area contributed by atoms with Crippen LogP contribution in [0.4, 0.5) is 0 Å². The van der Waals surface area contributed by atoms with E-state index in [1.165, 1.54) is 77.4 Å². The summed E-state index contributed by atoms with van der Waals surface area (Å²) in [5.41, 5.74) is 20.4. The Bertz CT molecular complexity index is 3840. The number of benzene rings is 9. The van der Waals surface area contributed by atoms with Crippen LogP contribution < -0.4 is 0 Å². The van der Waals surface area contributed by atoms with Crippen molar-refractivity contribution in [2.45, 2.75) is 12.3 Å². The fourth-order valence-electron chi connectivity index (χ4n) is 10.7. The summed E-state index contributed by atoms with van der Waals surface area (Å²) in [7, 11) is 0. The first-order chi connectivity index (χ1) is 30.7. The van der Waals surface area contributed by atoms with Crippen molar-refractivity contribution in [1.82, 2.24) is 14.5 Å². The molecular weight excluding hydrogens is 755 g/mol. The Balaban J connectivity index is 1.14. The zero-order valence-electron chi connectivity index (χ0n) is 33.5. The van der Waals surface area contributed by atoms with Crippen molar-refractivity contribution < 1.29 is 4.42 Å². The molecule has 12 aromatic rings. The molecular formula is C58H35N3O. The van der Waals surface area contributed by atoms with Crippen molar-refractivity contribution >= 4 is 54.6 Å². The molecule has 0 saturated heterocycles. The van der Waals surface area contributed by atoms with Gasteiger partial charge in [-0.2, -0.15) is 0 Å². The van der Waals surface area contributed by atoms with Gasteiger partial charge in [0, 0.05) is 27.6 Å². The SMILES string of the molecule is c1ccc(-c2ccc3c(c2)-c2cc4c(c5c2CC3c2ccccc2-5)c2cc(-c3ccccc3)ccc2n4-c2nc(-c3ccc4ccccc4c3)c3oc4ccccc4c3n2)cc1. The van der Waals surface area contributed by atoms with E-state index in [4.69, 9.17) is 14.4 Å². The number of rotatable bonds is 4. The van der Waals surface area contributed by atoms with Gasteiger partial charge in [0.2, 0.25) is 5.95 Å². The van der Waals surface area contributed by atoms with Crippen LogP contribution in [-0.2, 0) is 6.42 Å². The van der Waals surface area contributed by atoms with Gasteiger partial charge in [-0.3, -0.25) is 4.57 Å². The molecule has 0 spiro atoms. The first-order valence-corrected chi connectivity index (χ1v) is 21.4. The average molecular weight is 790 g/mol. The monoisotopic (exact) mass is 789 g/mol. The minimum atomic E-state index is 0.279. The Kier molecular flexibility index (Phi) is 6.92. The first-order valence-electron chi connectivity index (χ1n) is 21.4. The third-order valence-corrected chi connectivity index (χ3v) is 13.5. The number of fused-ring (bicyclic) bond motifs is 15. The molecule has 2 bridgehead atoms. The van der Waals surface area contributed by atoms with Gasteiger partial charge in [-0.25, -0.2) is 9.97 Å². The highest BCUT2D eigenvalue weighted by molar-refractivity contribution is 6.20. The summed E-state index contributed by atoms with van der Waals surface area (Å²) in [6.45, 7) is 0. The molecule has 0 aliphatic heterocycles. The molecule has 0 amide bonds. The lowest BCUT2D eigenvalue weighted by Crippen LogP contribution is -2.19. The summed E-state index contributed by atoms with van der Waals surface area (Å²) in [4.78, 5) is 11.1. The van der Waals surface area contributed by atoms with Crippen LogP contribution in [0.25, 0.3) is 116 Å². The molecule has 62 heavy (non-hydrogen) atoms. The summed E-state index contributed by atoms with van der Waals surface area (Å²) < 4.78 is 9.00. The maximum absolute atomic E-state index is 6.67. The lowest BCUT2D eigenvalue weighted by atomic mass is 9.67. The molecule has 288 valence electrons. The van der Waals surface area contributed by atoms with Gasteiger partial charge < -0.3 is 4.42 Å². The molecule has 0 fully saturated rings. The first kappa shape index (κ1) is 33.7. The van der Waals surface area contributed by atoms with Crippen LogP contribution in [-0.4, -0.2) is 14.5 Å². The molecule has 0 N–H and O–H groups in total. The molecule has 4 nitrogen and oxygen atoms in total. The normalized spacial score (nSPS) is 13.9. The second-order valence-corrected chi connectivity index (χ2v) is 16.8. The second kappa shape index (κ2) is 12.7. The van der Waals surface area contributed by atoms with E-state index in [-0.39, 0.29) is 5.92 Å². The summed E-state index contributed by atoms with van der Waals surface area (Å²) in [6.07, 6.45) is 0.954. The fourth-order valence-corrected chi connectivity index (χ4v) is 10.7. The molecule has 2 aliphatic carbocycles. The predicted octanol–water partition coefficient (Wildman–Crippen LogP) is 15.0. The second-order valence-electron chi connectivity index (χ2n) is 16.8. The smallest absolute Gasteiger partial charge is 0.236 e. The number of para-hydroxylation sites is 1. The molecule has 3 heterocycles. The number of aromatic nitrogens is 3. The van der Waals surface area contributed by atoms with E-state index in [0.717, 1.165) is 50.6 Å². The maximum Gasteiger partial charge on any atom is 0.236 e. The summed E-state index contributed by atoms with van der Waals surface area (Å²) in [5.74, 6) is 0.893. The van der Waals surface area contributed by atoms with Crippen LogP contribution in [0, 0.1) is 0 Å². The number of hydrogen-bond acceptors (Lipinski definition) is 3. The van der Waals surface area contributed by atoms with E-state index in [2.05, 4.69) is 187 Å². The Morgan fingerprint density at radius 3 is 2.02 bits per heavy atom. The highest BCUT2D eigenvalue weighted by Crippen LogP contribution is 2.56. The van der Waals surface area contributed by atoms with Crippen molar-refractivity contribution in [2.24, 2.45) is 0 Å². The van der Waals surface area contributed by atoms with E-state index in [1.807, 2.05) is 12.1 Å². The largest absolute Gasteiger partial charge is 0.452 e. The number of hydrogen-bond donors (Lipinski definition) is 0. The van der Waals surface area contributed by atoms with E-state index in [9.17, 15) is 0 Å². The standard InChI is InChI=1S/C58H35N3O/c1-3-13-34(14-4-1)38-25-27-42-45(30-38)47-33-51-54(53-43-20-10-9-19-41(43)46(42)32-48(47)53)49-31-39(35-15-5-2-6-16-35)26-28-50(49)61(51)58-59-55(40-24-23-36-17-7-8-18-37(36)29-40)57-56(60-58)44-21-11-12-22-52(44)62-57/h1-31,33,46H,32H2. The third kappa shape index (κ3) is 4.77. The van der Waals surface area contributed by atoms with Crippen molar-refractivity contribution in [3.05, 3.63) is 211 Å². The molecule has 3 aromatic heterocycles. The summed E-state index contributed by atoms with van der Waals surface area (Å²) >= 11 is 0.